The molecular formula is C20H29FO. The van der Waals surface area contributed by atoms with E-state index in [1.165, 1.54) is 37.7 Å². The standard InChI is InChI=1S/C13H17F.C7H12O/c1-10-6-5-9-12(14)13(10)11-7-3-2-4-8-11;1-6(2)4-5-7(3)8/h5-6,9,11H,2-4,7-8H2,1H3;4-5,8H,1-3H3/b;7-5+. The van der Waals surface area contributed by atoms with Crippen LogP contribution in [-0.4, -0.2) is 5.11 Å². The summed E-state index contributed by atoms with van der Waals surface area (Å²) in [6.07, 6.45) is 9.73. The topological polar surface area (TPSA) is 20.2 Å². The van der Waals surface area contributed by atoms with Gasteiger partial charge in [-0.1, -0.05) is 43.0 Å². The summed E-state index contributed by atoms with van der Waals surface area (Å²) < 4.78 is 13.6. The normalized spacial score (nSPS) is 15.8. The van der Waals surface area contributed by atoms with Crippen LogP contribution in [0.5, 0.6) is 0 Å². The lowest BCUT2D eigenvalue weighted by atomic mass is 9.82. The minimum Gasteiger partial charge on any atom is -0.513 e. The Labute approximate surface area is 134 Å². The second-order valence-corrected chi connectivity index (χ2v) is 6.36. The third kappa shape index (κ3) is 6.46. The fourth-order valence-corrected chi connectivity index (χ4v) is 2.84. The molecule has 0 atom stereocenters. The van der Waals surface area contributed by atoms with Crippen molar-refractivity contribution < 1.29 is 9.50 Å². The SMILES string of the molecule is CC(C)=C/C=C(\C)O.Cc1cccc(F)c1C1CCCCC1. The highest BCUT2D eigenvalue weighted by molar-refractivity contribution is 5.31. The molecule has 0 spiro atoms. The smallest absolute Gasteiger partial charge is 0.126 e. The summed E-state index contributed by atoms with van der Waals surface area (Å²) in [5.74, 6) is 0.827. The number of rotatable bonds is 2. The van der Waals surface area contributed by atoms with E-state index in [2.05, 4.69) is 0 Å². The van der Waals surface area contributed by atoms with E-state index in [9.17, 15) is 4.39 Å². The highest BCUT2D eigenvalue weighted by atomic mass is 19.1. The lowest BCUT2D eigenvalue weighted by Gasteiger charge is -2.23. The van der Waals surface area contributed by atoms with Crippen LogP contribution in [-0.2, 0) is 0 Å². The van der Waals surface area contributed by atoms with Crippen LogP contribution in [0, 0.1) is 12.7 Å². The minimum absolute atomic E-state index is 0.00287. The zero-order valence-corrected chi connectivity index (χ0v) is 14.3. The van der Waals surface area contributed by atoms with Crippen LogP contribution < -0.4 is 0 Å². The lowest BCUT2D eigenvalue weighted by molar-refractivity contribution is 0.414. The summed E-state index contributed by atoms with van der Waals surface area (Å²) in [6.45, 7) is 7.64. The van der Waals surface area contributed by atoms with Crippen LogP contribution in [0.25, 0.3) is 0 Å². The van der Waals surface area contributed by atoms with Gasteiger partial charge in [0, 0.05) is 0 Å². The molecule has 1 fully saturated rings. The summed E-state index contributed by atoms with van der Waals surface area (Å²) in [5, 5.41) is 8.62. The van der Waals surface area contributed by atoms with Crippen LogP contribution in [0.15, 0.2) is 41.7 Å². The van der Waals surface area contributed by atoms with Gasteiger partial charge in [0.2, 0.25) is 0 Å². The summed E-state index contributed by atoms with van der Waals surface area (Å²) in [7, 11) is 0. The fourth-order valence-electron chi connectivity index (χ4n) is 2.84. The van der Waals surface area contributed by atoms with E-state index < -0.39 is 0 Å². The highest BCUT2D eigenvalue weighted by Gasteiger charge is 2.19. The van der Waals surface area contributed by atoms with Gasteiger partial charge in [-0.05, 0) is 69.7 Å². The van der Waals surface area contributed by atoms with Crippen LogP contribution >= 0.6 is 0 Å². The molecule has 2 heteroatoms. The van der Waals surface area contributed by atoms with Crippen molar-refractivity contribution in [2.24, 2.45) is 0 Å². The Kier molecular flexibility index (Phi) is 7.94. The monoisotopic (exact) mass is 304 g/mol. The van der Waals surface area contributed by atoms with Crippen molar-refractivity contribution in [3.8, 4) is 0 Å². The minimum atomic E-state index is -0.00287. The highest BCUT2D eigenvalue weighted by Crippen LogP contribution is 2.35. The number of allylic oxidation sites excluding steroid dienone is 4. The Morgan fingerprint density at radius 2 is 1.73 bits per heavy atom. The number of hydrogen-bond donors (Lipinski definition) is 1. The molecule has 0 unspecified atom stereocenters. The second-order valence-electron chi connectivity index (χ2n) is 6.36. The number of halogens is 1. The Hall–Kier alpha value is -1.57. The van der Waals surface area contributed by atoms with E-state index in [0.29, 0.717) is 11.7 Å². The van der Waals surface area contributed by atoms with Crippen LogP contribution in [0.4, 0.5) is 4.39 Å². The average molecular weight is 304 g/mol. The number of aryl methyl sites for hydroxylation is 1. The molecule has 0 radical (unpaired) electrons. The largest absolute Gasteiger partial charge is 0.513 e. The van der Waals surface area contributed by atoms with Gasteiger partial charge in [-0.25, -0.2) is 4.39 Å². The Bertz CT molecular complexity index is 478. The van der Waals surface area contributed by atoms with E-state index >= 15 is 0 Å². The Morgan fingerprint density at radius 3 is 2.18 bits per heavy atom. The molecule has 0 bridgehead atoms. The average Bonchev–Trinajstić information content (AvgIpc) is 2.47. The fraction of sp³-hybridized carbons (Fsp3) is 0.500. The molecule has 1 aliphatic rings. The number of aliphatic hydroxyl groups excluding tert-OH is 1. The summed E-state index contributed by atoms with van der Waals surface area (Å²) in [6, 6.07) is 5.42. The molecule has 0 saturated heterocycles. The molecule has 0 aliphatic heterocycles. The molecule has 0 heterocycles. The van der Waals surface area contributed by atoms with E-state index in [4.69, 9.17) is 5.11 Å². The molecule has 122 valence electrons. The predicted molar refractivity (Wildman–Crippen MR) is 92.8 cm³/mol. The van der Waals surface area contributed by atoms with Gasteiger partial charge < -0.3 is 5.11 Å². The van der Waals surface area contributed by atoms with Crippen molar-refractivity contribution in [1.82, 2.24) is 0 Å². The molecule has 1 N–H and O–H groups in total. The van der Waals surface area contributed by atoms with Crippen LogP contribution in [0.2, 0.25) is 0 Å². The predicted octanol–water partition coefficient (Wildman–Crippen LogP) is 6.60. The van der Waals surface area contributed by atoms with Crippen LogP contribution in [0.3, 0.4) is 0 Å². The van der Waals surface area contributed by atoms with E-state index in [0.717, 1.165) is 11.1 Å². The maximum absolute atomic E-state index is 13.6. The zero-order chi connectivity index (χ0) is 16.5. The molecule has 1 aromatic rings. The lowest BCUT2D eigenvalue weighted by Crippen LogP contribution is -2.08. The van der Waals surface area contributed by atoms with E-state index in [1.807, 2.05) is 32.9 Å². The number of hydrogen-bond acceptors (Lipinski definition) is 1. The molecule has 1 saturated carbocycles. The van der Waals surface area contributed by atoms with Crippen molar-refractivity contribution in [1.29, 1.82) is 0 Å². The third-order valence-corrected chi connectivity index (χ3v) is 3.94. The number of benzene rings is 1. The van der Waals surface area contributed by atoms with Gasteiger partial charge in [-0.15, -0.1) is 0 Å². The van der Waals surface area contributed by atoms with Gasteiger partial charge >= 0.3 is 0 Å². The molecular weight excluding hydrogens is 275 g/mol. The Morgan fingerprint density at radius 1 is 1.09 bits per heavy atom. The maximum Gasteiger partial charge on any atom is 0.126 e. The maximum atomic E-state index is 13.6. The Balaban J connectivity index is 0.000000261. The van der Waals surface area contributed by atoms with E-state index in [1.54, 1.807) is 25.1 Å². The molecule has 1 nitrogen and oxygen atoms in total. The molecule has 0 aromatic heterocycles. The van der Waals surface area contributed by atoms with Gasteiger partial charge in [0.25, 0.3) is 0 Å². The van der Waals surface area contributed by atoms with E-state index in [-0.39, 0.29) is 5.82 Å². The van der Waals surface area contributed by atoms with Gasteiger partial charge in [-0.2, -0.15) is 0 Å². The van der Waals surface area contributed by atoms with Crippen molar-refractivity contribution in [2.75, 3.05) is 0 Å². The van der Waals surface area contributed by atoms with Crippen molar-refractivity contribution in [2.45, 2.75) is 65.7 Å². The van der Waals surface area contributed by atoms with Gasteiger partial charge in [0.15, 0.2) is 0 Å². The first-order valence-corrected chi connectivity index (χ1v) is 8.17. The molecule has 2 rings (SSSR count). The van der Waals surface area contributed by atoms with Gasteiger partial charge in [0.05, 0.1) is 5.76 Å². The first-order valence-electron chi connectivity index (χ1n) is 8.17. The summed E-state index contributed by atoms with van der Waals surface area (Å²) >= 11 is 0. The van der Waals surface area contributed by atoms with Gasteiger partial charge in [0.1, 0.15) is 5.82 Å². The van der Waals surface area contributed by atoms with Gasteiger partial charge in [-0.3, -0.25) is 0 Å². The quantitative estimate of drug-likeness (QED) is 0.482. The summed E-state index contributed by atoms with van der Waals surface area (Å²) in [4.78, 5) is 0. The van der Waals surface area contributed by atoms with Crippen molar-refractivity contribution in [3.63, 3.8) is 0 Å². The first-order chi connectivity index (χ1) is 10.4. The van der Waals surface area contributed by atoms with Crippen molar-refractivity contribution >= 4 is 0 Å². The van der Waals surface area contributed by atoms with Crippen molar-refractivity contribution in [3.05, 3.63) is 58.6 Å². The molecule has 0 amide bonds. The molecule has 1 aliphatic carbocycles. The third-order valence-electron chi connectivity index (χ3n) is 3.94. The summed E-state index contributed by atoms with van der Waals surface area (Å²) in [5.41, 5.74) is 3.29. The van der Waals surface area contributed by atoms with Crippen LogP contribution in [0.1, 0.15) is 69.9 Å². The zero-order valence-electron chi connectivity index (χ0n) is 14.3. The second kappa shape index (κ2) is 9.45. The number of aliphatic hydroxyl groups is 1. The first kappa shape index (κ1) is 18.5. The molecule has 22 heavy (non-hydrogen) atoms. The molecule has 1 aromatic carbocycles.